The van der Waals surface area contributed by atoms with Gasteiger partial charge in [-0.05, 0) is 54.0 Å². The van der Waals surface area contributed by atoms with Crippen LogP contribution in [0.2, 0.25) is 0 Å². The van der Waals surface area contributed by atoms with Crippen LogP contribution in [0.3, 0.4) is 0 Å². The highest BCUT2D eigenvalue weighted by molar-refractivity contribution is 7.07. The molecule has 1 saturated carbocycles. The summed E-state index contributed by atoms with van der Waals surface area (Å²) in [7, 11) is 0. The van der Waals surface area contributed by atoms with E-state index >= 15 is 0 Å². The lowest BCUT2D eigenvalue weighted by Crippen LogP contribution is -2.33. The fourth-order valence-corrected chi connectivity index (χ4v) is 2.67. The quantitative estimate of drug-likeness (QED) is 0.821. The molecule has 1 heterocycles. The van der Waals surface area contributed by atoms with Crippen molar-refractivity contribution in [2.45, 2.75) is 38.6 Å². The minimum Gasteiger partial charge on any atom is -0.313 e. The van der Waals surface area contributed by atoms with Crippen LogP contribution in [0.1, 0.15) is 31.7 Å². The summed E-state index contributed by atoms with van der Waals surface area (Å²) in [6.07, 6.45) is 4.24. The van der Waals surface area contributed by atoms with E-state index in [1.807, 2.05) is 0 Å². The molecule has 0 saturated heterocycles. The molecule has 1 atom stereocenters. The molecule has 0 spiro atoms. The van der Waals surface area contributed by atoms with E-state index in [0.29, 0.717) is 17.9 Å². The molecule has 3 heteroatoms. The number of hydrogen-bond donors (Lipinski definition) is 1. The topological polar surface area (TPSA) is 35.8 Å². The van der Waals surface area contributed by atoms with Crippen molar-refractivity contribution in [1.82, 2.24) is 5.32 Å². The fourth-order valence-electron chi connectivity index (χ4n) is 1.99. The highest BCUT2D eigenvalue weighted by atomic mass is 32.1. The van der Waals surface area contributed by atoms with Gasteiger partial charge in [0.1, 0.15) is 0 Å². The summed E-state index contributed by atoms with van der Waals surface area (Å²) >= 11 is 1.75. The van der Waals surface area contributed by atoms with Gasteiger partial charge in [-0.25, -0.2) is 0 Å². The van der Waals surface area contributed by atoms with Gasteiger partial charge >= 0.3 is 0 Å². The van der Waals surface area contributed by atoms with E-state index in [0.717, 1.165) is 13.0 Å². The Bertz CT molecular complexity index is 360. The summed E-state index contributed by atoms with van der Waals surface area (Å²) < 4.78 is 0. The van der Waals surface area contributed by atoms with Crippen molar-refractivity contribution in [2.24, 2.45) is 5.41 Å². The van der Waals surface area contributed by atoms with Gasteiger partial charge in [-0.1, -0.05) is 0 Å². The zero-order chi connectivity index (χ0) is 11.4. The lowest BCUT2D eigenvalue weighted by atomic mass is 10.0. The molecule has 0 bridgehead atoms. The molecule has 1 aliphatic rings. The van der Waals surface area contributed by atoms with Crippen molar-refractivity contribution in [1.29, 1.82) is 5.26 Å². The van der Waals surface area contributed by atoms with E-state index in [4.69, 9.17) is 5.26 Å². The summed E-state index contributed by atoms with van der Waals surface area (Å²) in [6, 6.07) is 4.99. The van der Waals surface area contributed by atoms with E-state index in [-0.39, 0.29) is 0 Å². The average molecular weight is 234 g/mol. The van der Waals surface area contributed by atoms with Gasteiger partial charge in [0.25, 0.3) is 0 Å². The first kappa shape index (κ1) is 11.6. The number of hydrogen-bond acceptors (Lipinski definition) is 3. The Labute approximate surface area is 101 Å². The van der Waals surface area contributed by atoms with Gasteiger partial charge in [-0.3, -0.25) is 0 Å². The second kappa shape index (κ2) is 4.99. The summed E-state index contributed by atoms with van der Waals surface area (Å²) in [4.78, 5) is 0. The maximum absolute atomic E-state index is 8.74. The molecule has 0 aliphatic heterocycles. The lowest BCUT2D eigenvalue weighted by Gasteiger charge is -2.17. The second-order valence-corrected chi connectivity index (χ2v) is 5.73. The van der Waals surface area contributed by atoms with Crippen molar-refractivity contribution in [2.75, 3.05) is 6.54 Å². The Morgan fingerprint density at radius 2 is 2.44 bits per heavy atom. The van der Waals surface area contributed by atoms with Crippen LogP contribution < -0.4 is 5.32 Å². The molecule has 1 aromatic rings. The fraction of sp³-hybridized carbons (Fsp3) is 0.615. The van der Waals surface area contributed by atoms with Gasteiger partial charge in [-0.2, -0.15) is 16.6 Å². The first-order chi connectivity index (χ1) is 7.74. The third kappa shape index (κ3) is 3.07. The predicted octanol–water partition coefficient (Wildman–Crippen LogP) is 2.96. The predicted molar refractivity (Wildman–Crippen MR) is 67.4 cm³/mol. The molecule has 0 aromatic carbocycles. The largest absolute Gasteiger partial charge is 0.313 e. The maximum Gasteiger partial charge on any atom is 0.0628 e. The third-order valence-electron chi connectivity index (χ3n) is 3.36. The molecule has 1 N–H and O–H groups in total. The SMILES string of the molecule is CC(Cc1ccsc1)NCC1(CC#N)CC1. The second-order valence-electron chi connectivity index (χ2n) is 4.95. The van der Waals surface area contributed by atoms with Crippen molar-refractivity contribution in [3.8, 4) is 6.07 Å². The summed E-state index contributed by atoms with van der Waals surface area (Å²) in [5.74, 6) is 0. The molecular formula is C13H18N2S. The monoisotopic (exact) mass is 234 g/mol. The van der Waals surface area contributed by atoms with Gasteiger partial charge in [0.05, 0.1) is 6.07 Å². The molecule has 2 rings (SSSR count). The van der Waals surface area contributed by atoms with Gasteiger partial charge in [0.2, 0.25) is 0 Å². The van der Waals surface area contributed by atoms with Crippen LogP contribution in [0.5, 0.6) is 0 Å². The summed E-state index contributed by atoms with van der Waals surface area (Å²) in [5.41, 5.74) is 1.73. The molecule has 1 unspecified atom stereocenters. The Hall–Kier alpha value is -0.850. The van der Waals surface area contributed by atoms with Gasteiger partial charge in [-0.15, -0.1) is 0 Å². The van der Waals surface area contributed by atoms with Crippen molar-refractivity contribution >= 4 is 11.3 Å². The first-order valence-electron chi connectivity index (χ1n) is 5.85. The van der Waals surface area contributed by atoms with Crippen LogP contribution in [0.15, 0.2) is 16.8 Å². The Balaban J connectivity index is 1.72. The normalized spacial score (nSPS) is 19.0. The molecule has 16 heavy (non-hydrogen) atoms. The van der Waals surface area contributed by atoms with Crippen molar-refractivity contribution < 1.29 is 0 Å². The Morgan fingerprint density at radius 1 is 1.62 bits per heavy atom. The van der Waals surface area contributed by atoms with E-state index in [1.165, 1.54) is 18.4 Å². The van der Waals surface area contributed by atoms with E-state index in [1.54, 1.807) is 11.3 Å². The van der Waals surface area contributed by atoms with Crippen molar-refractivity contribution in [3.05, 3.63) is 22.4 Å². The summed E-state index contributed by atoms with van der Waals surface area (Å²) in [6.45, 7) is 3.23. The zero-order valence-electron chi connectivity index (χ0n) is 9.70. The Kier molecular flexibility index (Phi) is 3.63. The molecular weight excluding hydrogens is 216 g/mol. The van der Waals surface area contributed by atoms with Crippen LogP contribution in [-0.2, 0) is 6.42 Å². The average Bonchev–Trinajstić information content (AvgIpc) is 2.83. The van der Waals surface area contributed by atoms with Crippen LogP contribution >= 0.6 is 11.3 Å². The smallest absolute Gasteiger partial charge is 0.0628 e. The highest BCUT2D eigenvalue weighted by Crippen LogP contribution is 2.47. The number of nitriles is 1. The minimum absolute atomic E-state index is 0.317. The van der Waals surface area contributed by atoms with Gasteiger partial charge in [0.15, 0.2) is 0 Å². The Morgan fingerprint density at radius 3 is 3.00 bits per heavy atom. The highest BCUT2D eigenvalue weighted by Gasteiger charge is 2.42. The number of nitrogens with zero attached hydrogens (tertiary/aromatic N) is 1. The number of rotatable bonds is 6. The van der Waals surface area contributed by atoms with E-state index in [9.17, 15) is 0 Å². The molecule has 1 aliphatic carbocycles. The van der Waals surface area contributed by atoms with Crippen LogP contribution in [0.25, 0.3) is 0 Å². The molecule has 1 fully saturated rings. The molecule has 0 radical (unpaired) electrons. The van der Waals surface area contributed by atoms with Crippen LogP contribution in [0.4, 0.5) is 0 Å². The van der Waals surface area contributed by atoms with E-state index in [2.05, 4.69) is 35.1 Å². The van der Waals surface area contributed by atoms with Crippen molar-refractivity contribution in [3.63, 3.8) is 0 Å². The summed E-state index contributed by atoms with van der Waals surface area (Å²) in [5, 5.41) is 16.6. The lowest BCUT2D eigenvalue weighted by molar-refractivity contribution is 0.425. The third-order valence-corrected chi connectivity index (χ3v) is 4.09. The maximum atomic E-state index is 8.74. The molecule has 1 aromatic heterocycles. The van der Waals surface area contributed by atoms with Gasteiger partial charge in [0, 0.05) is 19.0 Å². The molecule has 86 valence electrons. The van der Waals surface area contributed by atoms with Crippen LogP contribution in [-0.4, -0.2) is 12.6 Å². The number of thiophene rings is 1. The standard InChI is InChI=1S/C13H18N2S/c1-11(8-12-2-7-16-9-12)15-10-13(3-4-13)5-6-14/h2,7,9,11,15H,3-5,8,10H2,1H3. The van der Waals surface area contributed by atoms with E-state index < -0.39 is 0 Å². The molecule has 2 nitrogen and oxygen atoms in total. The zero-order valence-corrected chi connectivity index (χ0v) is 10.5. The van der Waals surface area contributed by atoms with Crippen LogP contribution in [0, 0.1) is 16.7 Å². The molecule has 0 amide bonds. The van der Waals surface area contributed by atoms with Gasteiger partial charge < -0.3 is 5.32 Å². The number of nitrogens with one attached hydrogen (secondary N) is 1. The minimum atomic E-state index is 0.317. The first-order valence-corrected chi connectivity index (χ1v) is 6.80.